The van der Waals surface area contributed by atoms with Gasteiger partial charge in [-0.25, -0.2) is 4.39 Å². The fourth-order valence-electron chi connectivity index (χ4n) is 1.93. The molecule has 0 amide bonds. The molecule has 1 aliphatic heterocycles. The molecule has 0 spiro atoms. The Balaban J connectivity index is 2.08. The Kier molecular flexibility index (Phi) is 2.91. The molecule has 2 rings (SSSR count). The van der Waals surface area contributed by atoms with Crippen LogP contribution < -0.4 is 4.90 Å². The SMILES string of the molecule is C[C@@H]1CN(c2ccc(F)cc2)CCN1C. The van der Waals surface area contributed by atoms with Crippen molar-refractivity contribution in [3.63, 3.8) is 0 Å². The molecule has 3 heteroatoms. The number of rotatable bonds is 1. The Morgan fingerprint density at radius 2 is 1.87 bits per heavy atom. The van der Waals surface area contributed by atoms with Gasteiger partial charge in [0.1, 0.15) is 5.82 Å². The van der Waals surface area contributed by atoms with Crippen LogP contribution in [0, 0.1) is 5.82 Å². The zero-order valence-corrected chi connectivity index (χ0v) is 9.28. The highest BCUT2D eigenvalue weighted by Gasteiger charge is 2.20. The molecule has 1 saturated heterocycles. The summed E-state index contributed by atoms with van der Waals surface area (Å²) in [6, 6.07) is 7.32. The summed E-state index contributed by atoms with van der Waals surface area (Å²) in [5, 5.41) is 0. The van der Waals surface area contributed by atoms with Crippen LogP contribution in [-0.2, 0) is 0 Å². The highest BCUT2D eigenvalue weighted by molar-refractivity contribution is 5.46. The second-order valence-electron chi connectivity index (χ2n) is 4.25. The number of hydrogen-bond acceptors (Lipinski definition) is 2. The van der Waals surface area contributed by atoms with Gasteiger partial charge in [0.25, 0.3) is 0 Å². The first-order valence-corrected chi connectivity index (χ1v) is 5.37. The lowest BCUT2D eigenvalue weighted by atomic mass is 10.2. The van der Waals surface area contributed by atoms with Gasteiger partial charge in [-0.15, -0.1) is 0 Å². The number of likely N-dealkylation sites (N-methyl/N-ethyl adjacent to an activating group) is 1. The summed E-state index contributed by atoms with van der Waals surface area (Å²) in [5.41, 5.74) is 1.12. The van der Waals surface area contributed by atoms with E-state index in [2.05, 4.69) is 23.8 Å². The van der Waals surface area contributed by atoms with E-state index >= 15 is 0 Å². The normalized spacial score (nSPS) is 23.1. The van der Waals surface area contributed by atoms with Crippen molar-refractivity contribution in [3.8, 4) is 0 Å². The van der Waals surface area contributed by atoms with Crippen LogP contribution >= 0.6 is 0 Å². The van der Waals surface area contributed by atoms with Gasteiger partial charge in [-0.05, 0) is 38.2 Å². The predicted molar refractivity (Wildman–Crippen MR) is 60.7 cm³/mol. The van der Waals surface area contributed by atoms with Crippen molar-refractivity contribution in [2.24, 2.45) is 0 Å². The van der Waals surface area contributed by atoms with Crippen molar-refractivity contribution >= 4 is 5.69 Å². The third-order valence-corrected chi connectivity index (χ3v) is 3.15. The van der Waals surface area contributed by atoms with Crippen LogP contribution in [0.3, 0.4) is 0 Å². The van der Waals surface area contributed by atoms with E-state index in [4.69, 9.17) is 0 Å². The molecule has 1 aromatic rings. The third-order valence-electron chi connectivity index (χ3n) is 3.15. The second-order valence-corrected chi connectivity index (χ2v) is 4.25. The van der Waals surface area contributed by atoms with Crippen molar-refractivity contribution in [1.82, 2.24) is 4.90 Å². The lowest BCUT2D eigenvalue weighted by Gasteiger charge is -2.39. The summed E-state index contributed by atoms with van der Waals surface area (Å²) < 4.78 is 12.8. The van der Waals surface area contributed by atoms with Gasteiger partial charge in [0.15, 0.2) is 0 Å². The molecule has 0 aromatic heterocycles. The predicted octanol–water partition coefficient (Wildman–Crippen LogP) is 1.97. The van der Waals surface area contributed by atoms with E-state index in [0.29, 0.717) is 6.04 Å². The third kappa shape index (κ3) is 2.29. The molecule has 1 atom stereocenters. The molecule has 0 radical (unpaired) electrons. The number of hydrogen-bond donors (Lipinski definition) is 0. The van der Waals surface area contributed by atoms with Gasteiger partial charge >= 0.3 is 0 Å². The van der Waals surface area contributed by atoms with E-state index in [1.54, 1.807) is 0 Å². The van der Waals surface area contributed by atoms with Crippen molar-refractivity contribution in [2.45, 2.75) is 13.0 Å². The summed E-state index contributed by atoms with van der Waals surface area (Å²) in [6.07, 6.45) is 0. The molecule has 0 saturated carbocycles. The van der Waals surface area contributed by atoms with Crippen molar-refractivity contribution in [1.29, 1.82) is 0 Å². The topological polar surface area (TPSA) is 6.48 Å². The monoisotopic (exact) mass is 208 g/mol. The number of halogens is 1. The second kappa shape index (κ2) is 4.19. The van der Waals surface area contributed by atoms with E-state index < -0.39 is 0 Å². The van der Waals surface area contributed by atoms with Crippen LogP contribution in [-0.4, -0.2) is 37.6 Å². The Morgan fingerprint density at radius 3 is 2.47 bits per heavy atom. The maximum absolute atomic E-state index is 12.8. The van der Waals surface area contributed by atoms with Gasteiger partial charge in [0.2, 0.25) is 0 Å². The van der Waals surface area contributed by atoms with Crippen LogP contribution in [0.5, 0.6) is 0 Å². The molecule has 0 bridgehead atoms. The Morgan fingerprint density at radius 1 is 1.20 bits per heavy atom. The molecule has 1 aliphatic rings. The lowest BCUT2D eigenvalue weighted by molar-refractivity contribution is 0.234. The van der Waals surface area contributed by atoms with E-state index in [-0.39, 0.29) is 5.82 Å². The van der Waals surface area contributed by atoms with Crippen molar-refractivity contribution in [3.05, 3.63) is 30.1 Å². The highest BCUT2D eigenvalue weighted by atomic mass is 19.1. The minimum absolute atomic E-state index is 0.166. The van der Waals surface area contributed by atoms with Crippen molar-refractivity contribution < 1.29 is 4.39 Å². The van der Waals surface area contributed by atoms with E-state index in [1.807, 2.05) is 12.1 Å². The first kappa shape index (κ1) is 10.4. The molecule has 2 nitrogen and oxygen atoms in total. The van der Waals surface area contributed by atoms with Gasteiger partial charge in [-0.3, -0.25) is 0 Å². The maximum Gasteiger partial charge on any atom is 0.123 e. The molecule has 0 N–H and O–H groups in total. The molecule has 0 unspecified atom stereocenters. The van der Waals surface area contributed by atoms with Gasteiger partial charge in [-0.1, -0.05) is 0 Å². The lowest BCUT2D eigenvalue weighted by Crippen LogP contribution is -2.50. The van der Waals surface area contributed by atoms with Crippen LogP contribution in [0.15, 0.2) is 24.3 Å². The highest BCUT2D eigenvalue weighted by Crippen LogP contribution is 2.18. The summed E-state index contributed by atoms with van der Waals surface area (Å²) in [7, 11) is 2.15. The summed E-state index contributed by atoms with van der Waals surface area (Å²) >= 11 is 0. The average Bonchev–Trinajstić information content (AvgIpc) is 2.23. The van der Waals surface area contributed by atoms with Crippen LogP contribution in [0.4, 0.5) is 10.1 Å². The van der Waals surface area contributed by atoms with E-state index in [9.17, 15) is 4.39 Å². The molecule has 1 heterocycles. The zero-order chi connectivity index (χ0) is 10.8. The van der Waals surface area contributed by atoms with Crippen LogP contribution in [0.2, 0.25) is 0 Å². The van der Waals surface area contributed by atoms with E-state index in [1.165, 1.54) is 12.1 Å². The standard InChI is InChI=1S/C12H17FN2/c1-10-9-15(8-7-14(10)2)12-5-3-11(13)4-6-12/h3-6,10H,7-9H2,1-2H3/t10-/m1/s1. The quantitative estimate of drug-likeness (QED) is 0.696. The van der Waals surface area contributed by atoms with Crippen LogP contribution in [0.1, 0.15) is 6.92 Å². The molecular weight excluding hydrogens is 191 g/mol. The Bertz CT molecular complexity index is 323. The number of piperazine rings is 1. The minimum atomic E-state index is -0.166. The summed E-state index contributed by atoms with van der Waals surface area (Å²) in [6.45, 7) is 5.32. The van der Waals surface area contributed by atoms with Gasteiger partial charge < -0.3 is 9.80 Å². The van der Waals surface area contributed by atoms with Crippen LogP contribution in [0.25, 0.3) is 0 Å². The molecule has 15 heavy (non-hydrogen) atoms. The van der Waals surface area contributed by atoms with Gasteiger partial charge in [0.05, 0.1) is 0 Å². The summed E-state index contributed by atoms with van der Waals surface area (Å²) in [5.74, 6) is -0.166. The smallest absolute Gasteiger partial charge is 0.123 e. The molecule has 1 aromatic carbocycles. The summed E-state index contributed by atoms with van der Waals surface area (Å²) in [4.78, 5) is 4.66. The minimum Gasteiger partial charge on any atom is -0.369 e. The fraction of sp³-hybridized carbons (Fsp3) is 0.500. The fourth-order valence-corrected chi connectivity index (χ4v) is 1.93. The zero-order valence-electron chi connectivity index (χ0n) is 9.28. The largest absolute Gasteiger partial charge is 0.369 e. The molecular formula is C12H17FN2. The van der Waals surface area contributed by atoms with Crippen molar-refractivity contribution in [2.75, 3.05) is 31.6 Å². The first-order valence-electron chi connectivity index (χ1n) is 5.37. The number of anilines is 1. The van der Waals surface area contributed by atoms with Gasteiger partial charge in [0, 0.05) is 31.4 Å². The molecule has 1 fully saturated rings. The molecule has 0 aliphatic carbocycles. The average molecular weight is 208 g/mol. The Hall–Kier alpha value is -1.09. The Labute approximate surface area is 90.3 Å². The molecule has 82 valence electrons. The maximum atomic E-state index is 12.8. The number of nitrogens with zero attached hydrogens (tertiary/aromatic N) is 2. The number of benzene rings is 1. The van der Waals surface area contributed by atoms with E-state index in [0.717, 1.165) is 25.3 Å². The van der Waals surface area contributed by atoms with Gasteiger partial charge in [-0.2, -0.15) is 0 Å². The first-order chi connectivity index (χ1) is 7.16.